The van der Waals surface area contributed by atoms with E-state index in [4.69, 9.17) is 9.47 Å². The molecule has 7 nitrogen and oxygen atoms in total. The number of piperidine rings is 1. The van der Waals surface area contributed by atoms with Gasteiger partial charge >= 0.3 is 6.03 Å². The van der Waals surface area contributed by atoms with Crippen molar-refractivity contribution in [1.29, 1.82) is 0 Å². The Morgan fingerprint density at radius 1 is 0.867 bits per heavy atom. The summed E-state index contributed by atoms with van der Waals surface area (Å²) in [6, 6.07) is 14.2. The first-order valence-corrected chi connectivity index (χ1v) is 10.3. The van der Waals surface area contributed by atoms with Gasteiger partial charge in [-0.2, -0.15) is 0 Å². The molecule has 2 aliphatic rings. The Hall–Kier alpha value is -3.06. The van der Waals surface area contributed by atoms with Crippen LogP contribution in [0.5, 0.6) is 11.5 Å². The van der Waals surface area contributed by atoms with E-state index >= 15 is 0 Å². The van der Waals surface area contributed by atoms with Crippen LogP contribution >= 0.6 is 0 Å². The number of nitrogens with zero attached hydrogens (tertiary/aromatic N) is 1. The fourth-order valence-electron chi connectivity index (χ4n) is 4.39. The van der Waals surface area contributed by atoms with Gasteiger partial charge in [-0.05, 0) is 54.7 Å². The Kier molecular flexibility index (Phi) is 5.63. The monoisotopic (exact) mass is 410 g/mol. The Morgan fingerprint density at radius 3 is 1.83 bits per heavy atom. The zero-order valence-corrected chi connectivity index (χ0v) is 17.4. The molecule has 2 fully saturated rings. The van der Waals surface area contributed by atoms with Gasteiger partial charge in [0.05, 0.1) is 27.3 Å². The number of likely N-dealkylation sites (tertiary alicyclic amines) is 1. The molecule has 0 atom stereocenters. The number of methoxy groups -OCH3 is 2. The zero-order valence-electron chi connectivity index (χ0n) is 17.4. The molecule has 0 spiro atoms. The first kappa shape index (κ1) is 20.2. The summed E-state index contributed by atoms with van der Waals surface area (Å²) in [4.78, 5) is 29.4. The molecule has 2 aliphatic heterocycles. The minimum absolute atomic E-state index is 0.249. The standard InChI is InChI=1S/C23H27N3O4/c1-29-19-10-6-17(7-11-19)23(18-8-12-20(30-2)13-9-18)21(27)26(22(28)24-23)16-25-14-4-3-5-15-25/h6-13H,3-5,14-16H2,1-2H3,(H,24,28)/p+1. The van der Waals surface area contributed by atoms with Crippen LogP contribution in [-0.2, 0) is 10.3 Å². The summed E-state index contributed by atoms with van der Waals surface area (Å²) in [5.41, 5.74) is 0.121. The summed E-state index contributed by atoms with van der Waals surface area (Å²) >= 11 is 0. The fraction of sp³-hybridized carbons (Fsp3) is 0.391. The number of imide groups is 1. The van der Waals surface area contributed by atoms with E-state index in [2.05, 4.69) is 5.32 Å². The fourth-order valence-corrected chi connectivity index (χ4v) is 4.39. The molecule has 0 bridgehead atoms. The van der Waals surface area contributed by atoms with E-state index in [1.54, 1.807) is 38.5 Å². The van der Waals surface area contributed by atoms with E-state index in [1.807, 2.05) is 24.3 Å². The van der Waals surface area contributed by atoms with Crippen molar-refractivity contribution in [1.82, 2.24) is 10.2 Å². The van der Waals surface area contributed by atoms with E-state index in [9.17, 15) is 9.59 Å². The minimum atomic E-state index is -1.27. The summed E-state index contributed by atoms with van der Waals surface area (Å²) in [6.07, 6.45) is 3.47. The molecule has 158 valence electrons. The van der Waals surface area contributed by atoms with E-state index in [0.29, 0.717) is 29.3 Å². The first-order chi connectivity index (χ1) is 14.6. The summed E-state index contributed by atoms with van der Waals surface area (Å²) < 4.78 is 10.5. The number of hydrogen-bond acceptors (Lipinski definition) is 4. The maximum atomic E-state index is 13.8. The maximum Gasteiger partial charge on any atom is 0.330 e. The number of benzene rings is 2. The normalized spacial score (nSPS) is 18.9. The van der Waals surface area contributed by atoms with Gasteiger partial charge in [-0.25, -0.2) is 9.69 Å². The second kappa shape index (κ2) is 8.36. The van der Waals surface area contributed by atoms with Gasteiger partial charge in [0.2, 0.25) is 0 Å². The Labute approximate surface area is 176 Å². The largest absolute Gasteiger partial charge is 0.497 e. The number of carbonyl (C=O) groups excluding carboxylic acids is 2. The second-order valence-electron chi connectivity index (χ2n) is 7.84. The van der Waals surface area contributed by atoms with Gasteiger partial charge in [0, 0.05) is 0 Å². The SMILES string of the molecule is COc1ccc(C2(c3ccc(OC)cc3)NC(=O)N(C[NH+]3CCCCC3)C2=O)cc1. The summed E-state index contributed by atoms with van der Waals surface area (Å²) in [6.45, 7) is 2.35. The van der Waals surface area contributed by atoms with Crippen LogP contribution in [0.15, 0.2) is 48.5 Å². The van der Waals surface area contributed by atoms with Crippen LogP contribution in [-0.4, -0.2) is 50.8 Å². The van der Waals surface area contributed by atoms with Gasteiger partial charge in [0.1, 0.15) is 11.5 Å². The van der Waals surface area contributed by atoms with Crippen molar-refractivity contribution in [2.24, 2.45) is 0 Å². The van der Waals surface area contributed by atoms with Crippen molar-refractivity contribution in [3.8, 4) is 11.5 Å². The molecule has 0 aliphatic carbocycles. The van der Waals surface area contributed by atoms with Crippen molar-refractivity contribution in [2.45, 2.75) is 24.8 Å². The molecule has 0 saturated carbocycles. The number of amides is 3. The van der Waals surface area contributed by atoms with E-state index in [0.717, 1.165) is 25.9 Å². The lowest BCUT2D eigenvalue weighted by Gasteiger charge is -2.29. The van der Waals surface area contributed by atoms with Crippen LogP contribution in [0, 0.1) is 0 Å². The number of ether oxygens (including phenoxy) is 2. The van der Waals surface area contributed by atoms with Crippen molar-refractivity contribution >= 4 is 11.9 Å². The number of quaternary nitrogens is 1. The van der Waals surface area contributed by atoms with Crippen LogP contribution in [0.3, 0.4) is 0 Å². The van der Waals surface area contributed by atoms with Crippen LogP contribution in [0.25, 0.3) is 0 Å². The average Bonchev–Trinajstić information content (AvgIpc) is 3.05. The molecule has 4 rings (SSSR count). The van der Waals surface area contributed by atoms with Gasteiger partial charge in [-0.3, -0.25) is 4.79 Å². The predicted molar refractivity (Wildman–Crippen MR) is 112 cm³/mol. The van der Waals surface area contributed by atoms with Crippen LogP contribution in [0.4, 0.5) is 4.79 Å². The molecule has 30 heavy (non-hydrogen) atoms. The van der Waals surface area contributed by atoms with Crippen LogP contribution < -0.4 is 19.7 Å². The van der Waals surface area contributed by atoms with Gasteiger partial charge in [-0.15, -0.1) is 0 Å². The Balaban J connectivity index is 1.74. The number of hydrogen-bond donors (Lipinski definition) is 2. The van der Waals surface area contributed by atoms with Gasteiger partial charge in [0.15, 0.2) is 12.2 Å². The van der Waals surface area contributed by atoms with Gasteiger partial charge in [-0.1, -0.05) is 24.3 Å². The Morgan fingerprint density at radius 2 is 1.37 bits per heavy atom. The first-order valence-electron chi connectivity index (χ1n) is 10.3. The highest BCUT2D eigenvalue weighted by Gasteiger charge is 2.54. The molecule has 2 N–H and O–H groups in total. The molecule has 2 saturated heterocycles. The third kappa shape index (κ3) is 3.50. The Bertz CT molecular complexity index is 858. The molecular weight excluding hydrogens is 382 g/mol. The predicted octanol–water partition coefficient (Wildman–Crippen LogP) is 1.53. The summed E-state index contributed by atoms with van der Waals surface area (Å²) in [5.74, 6) is 1.13. The third-order valence-corrected chi connectivity index (χ3v) is 6.09. The number of rotatable bonds is 6. The number of carbonyl (C=O) groups is 2. The highest BCUT2D eigenvalue weighted by atomic mass is 16.5. The maximum absolute atomic E-state index is 13.8. The third-order valence-electron chi connectivity index (χ3n) is 6.09. The molecule has 2 aromatic carbocycles. The highest BCUT2D eigenvalue weighted by molar-refractivity contribution is 6.09. The lowest BCUT2D eigenvalue weighted by Crippen LogP contribution is -3.14. The summed E-state index contributed by atoms with van der Waals surface area (Å²) in [5, 5.41) is 3.01. The van der Waals surface area contributed by atoms with E-state index in [-0.39, 0.29) is 11.9 Å². The van der Waals surface area contributed by atoms with Crippen molar-refractivity contribution in [3.63, 3.8) is 0 Å². The van der Waals surface area contributed by atoms with Crippen LogP contribution in [0.1, 0.15) is 30.4 Å². The molecule has 2 aromatic rings. The molecular formula is C23H28N3O4+. The number of urea groups is 1. The lowest BCUT2D eigenvalue weighted by atomic mass is 9.82. The second-order valence-corrected chi connectivity index (χ2v) is 7.84. The topological polar surface area (TPSA) is 72.3 Å². The lowest BCUT2D eigenvalue weighted by molar-refractivity contribution is -0.912. The van der Waals surface area contributed by atoms with Crippen LogP contribution in [0.2, 0.25) is 0 Å². The van der Waals surface area contributed by atoms with E-state index < -0.39 is 5.54 Å². The van der Waals surface area contributed by atoms with Crippen molar-refractivity contribution in [2.75, 3.05) is 34.0 Å². The highest BCUT2D eigenvalue weighted by Crippen LogP contribution is 2.37. The summed E-state index contributed by atoms with van der Waals surface area (Å²) in [7, 11) is 3.19. The molecule has 3 amide bonds. The zero-order chi connectivity index (χ0) is 21.1. The van der Waals surface area contributed by atoms with Gasteiger partial charge in [0.25, 0.3) is 5.91 Å². The number of nitrogens with one attached hydrogen (secondary N) is 2. The molecule has 0 aromatic heterocycles. The van der Waals surface area contributed by atoms with Crippen molar-refractivity contribution < 1.29 is 24.0 Å². The minimum Gasteiger partial charge on any atom is -0.497 e. The van der Waals surface area contributed by atoms with E-state index in [1.165, 1.54) is 16.2 Å². The van der Waals surface area contributed by atoms with Crippen molar-refractivity contribution in [3.05, 3.63) is 59.7 Å². The molecule has 0 unspecified atom stereocenters. The molecule has 0 radical (unpaired) electrons. The average molecular weight is 410 g/mol. The smallest absolute Gasteiger partial charge is 0.330 e. The van der Waals surface area contributed by atoms with Gasteiger partial charge < -0.3 is 19.7 Å². The molecule has 2 heterocycles. The quantitative estimate of drug-likeness (QED) is 0.709. The molecule has 7 heteroatoms.